The number of fused-ring (bicyclic) bond motifs is 1. The van der Waals surface area contributed by atoms with Crippen molar-refractivity contribution >= 4 is 17.5 Å². The Morgan fingerprint density at radius 3 is 2.79 bits per heavy atom. The van der Waals surface area contributed by atoms with Crippen LogP contribution in [0.2, 0.25) is 5.02 Å². The molecule has 1 atom stereocenters. The summed E-state index contributed by atoms with van der Waals surface area (Å²) in [5, 5.41) is 12.7. The van der Waals surface area contributed by atoms with E-state index in [0.717, 1.165) is 0 Å². The van der Waals surface area contributed by atoms with Gasteiger partial charge >= 0.3 is 0 Å². The quantitative estimate of drug-likeness (QED) is 0.654. The maximum absolute atomic E-state index is 12.5. The van der Waals surface area contributed by atoms with Gasteiger partial charge in [0.05, 0.1) is 11.6 Å². The van der Waals surface area contributed by atoms with E-state index in [9.17, 15) is 4.79 Å². The molecule has 8 nitrogen and oxygen atoms in total. The molecule has 28 heavy (non-hydrogen) atoms. The third-order valence-corrected chi connectivity index (χ3v) is 4.64. The predicted molar refractivity (Wildman–Crippen MR) is 102 cm³/mol. The van der Waals surface area contributed by atoms with Gasteiger partial charge in [0.1, 0.15) is 13.2 Å². The van der Waals surface area contributed by atoms with Crippen LogP contribution in [0.1, 0.15) is 0 Å². The normalized spacial score (nSPS) is 15.3. The van der Waals surface area contributed by atoms with Crippen molar-refractivity contribution < 1.29 is 14.3 Å². The standard InChI is InChI=1S/C19H18ClN5O3/c1-24(10-13-12-27-16-8-4-5-9-17(16)28-13)18(26)11-25-22-19(21-23-25)14-6-2-3-7-15(14)20/h2-9,13H,10-12H2,1H3/t13-/m0/s1. The van der Waals surface area contributed by atoms with Gasteiger partial charge in [-0.2, -0.15) is 4.80 Å². The Morgan fingerprint density at radius 1 is 1.21 bits per heavy atom. The number of nitrogens with zero attached hydrogens (tertiary/aromatic N) is 5. The lowest BCUT2D eigenvalue weighted by atomic mass is 10.2. The summed E-state index contributed by atoms with van der Waals surface area (Å²) in [4.78, 5) is 15.3. The maximum Gasteiger partial charge on any atom is 0.246 e. The summed E-state index contributed by atoms with van der Waals surface area (Å²) in [5.74, 6) is 1.61. The van der Waals surface area contributed by atoms with Crippen molar-refractivity contribution in [3.8, 4) is 22.9 Å². The van der Waals surface area contributed by atoms with Gasteiger partial charge in [0.25, 0.3) is 0 Å². The molecule has 1 aromatic heterocycles. The van der Waals surface area contributed by atoms with Crippen molar-refractivity contribution in [1.29, 1.82) is 0 Å². The van der Waals surface area contributed by atoms with Gasteiger partial charge in [-0.25, -0.2) is 0 Å². The van der Waals surface area contributed by atoms with E-state index < -0.39 is 0 Å². The average molecular weight is 400 g/mol. The minimum absolute atomic E-state index is 0.0296. The van der Waals surface area contributed by atoms with Crippen molar-refractivity contribution in [2.24, 2.45) is 0 Å². The Labute approximate surface area is 166 Å². The van der Waals surface area contributed by atoms with Crippen LogP contribution in [0.15, 0.2) is 48.5 Å². The number of rotatable bonds is 5. The zero-order chi connectivity index (χ0) is 19.5. The van der Waals surface area contributed by atoms with Gasteiger partial charge in [-0.1, -0.05) is 35.9 Å². The van der Waals surface area contributed by atoms with Crippen LogP contribution in [0.4, 0.5) is 0 Å². The second-order valence-corrected chi connectivity index (χ2v) is 6.80. The van der Waals surface area contributed by atoms with Gasteiger partial charge in [-0.15, -0.1) is 10.2 Å². The molecule has 0 bridgehead atoms. The molecule has 0 fully saturated rings. The number of halogens is 1. The van der Waals surface area contributed by atoms with Crippen LogP contribution in [0.5, 0.6) is 11.5 Å². The van der Waals surface area contributed by atoms with Crippen molar-refractivity contribution in [1.82, 2.24) is 25.1 Å². The fourth-order valence-electron chi connectivity index (χ4n) is 2.86. The minimum atomic E-state index is -0.244. The Bertz CT molecular complexity index is 993. The minimum Gasteiger partial charge on any atom is -0.486 e. The van der Waals surface area contributed by atoms with Gasteiger partial charge < -0.3 is 14.4 Å². The number of tetrazole rings is 1. The molecular weight excluding hydrogens is 382 g/mol. The van der Waals surface area contributed by atoms with Crippen LogP contribution in [-0.4, -0.2) is 57.3 Å². The summed E-state index contributed by atoms with van der Waals surface area (Å²) in [5.41, 5.74) is 0.669. The molecule has 1 amide bonds. The lowest BCUT2D eigenvalue weighted by Crippen LogP contribution is -2.43. The van der Waals surface area contributed by atoms with Gasteiger partial charge in [-0.05, 0) is 29.5 Å². The molecule has 3 aromatic rings. The monoisotopic (exact) mass is 399 g/mol. The molecule has 0 spiro atoms. The summed E-state index contributed by atoms with van der Waals surface area (Å²) < 4.78 is 11.6. The van der Waals surface area contributed by atoms with Gasteiger partial charge in [-0.3, -0.25) is 4.79 Å². The molecule has 0 saturated heterocycles. The number of carbonyl (C=O) groups is 1. The highest BCUT2D eigenvalue weighted by Crippen LogP contribution is 2.31. The fraction of sp³-hybridized carbons (Fsp3) is 0.263. The SMILES string of the molecule is CN(C[C@H]1COc2ccccc2O1)C(=O)Cn1nnc(-c2ccccc2Cl)n1. The molecule has 144 valence electrons. The summed E-state index contributed by atoms with van der Waals surface area (Å²) in [7, 11) is 1.71. The molecule has 4 rings (SSSR count). The highest BCUT2D eigenvalue weighted by Gasteiger charge is 2.24. The Morgan fingerprint density at radius 2 is 1.96 bits per heavy atom. The molecule has 2 heterocycles. The number of ether oxygens (including phenoxy) is 2. The zero-order valence-corrected chi connectivity index (χ0v) is 15.9. The lowest BCUT2D eigenvalue weighted by molar-refractivity contribution is -0.132. The van der Waals surface area contributed by atoms with Gasteiger partial charge in [0.2, 0.25) is 11.7 Å². The average Bonchev–Trinajstić information content (AvgIpc) is 3.16. The van der Waals surface area contributed by atoms with Crippen LogP contribution < -0.4 is 9.47 Å². The van der Waals surface area contributed by atoms with E-state index >= 15 is 0 Å². The highest BCUT2D eigenvalue weighted by molar-refractivity contribution is 6.33. The van der Waals surface area contributed by atoms with Gasteiger partial charge in [0, 0.05) is 12.6 Å². The van der Waals surface area contributed by atoms with E-state index in [0.29, 0.717) is 41.1 Å². The van der Waals surface area contributed by atoms with Gasteiger partial charge in [0.15, 0.2) is 17.6 Å². The van der Waals surface area contributed by atoms with Crippen molar-refractivity contribution in [2.75, 3.05) is 20.2 Å². The van der Waals surface area contributed by atoms with Crippen molar-refractivity contribution in [3.63, 3.8) is 0 Å². The summed E-state index contributed by atoms with van der Waals surface area (Å²) in [6, 6.07) is 14.7. The summed E-state index contributed by atoms with van der Waals surface area (Å²) in [6.45, 7) is 0.740. The Hall–Kier alpha value is -3.13. The lowest BCUT2D eigenvalue weighted by Gasteiger charge is -2.29. The number of carbonyl (C=O) groups excluding carboxylic acids is 1. The van der Waals surface area contributed by atoms with Crippen LogP contribution in [0.25, 0.3) is 11.4 Å². The van der Waals surface area contributed by atoms with Crippen LogP contribution >= 0.6 is 11.6 Å². The second kappa shape index (κ2) is 7.85. The molecular formula is C19H18ClN5O3. The largest absolute Gasteiger partial charge is 0.486 e. The fourth-order valence-corrected chi connectivity index (χ4v) is 3.08. The molecule has 9 heteroatoms. The number of likely N-dealkylation sites (N-methyl/N-ethyl adjacent to an activating group) is 1. The number of benzene rings is 2. The van der Waals surface area contributed by atoms with E-state index in [4.69, 9.17) is 21.1 Å². The Kier molecular flexibility index (Phi) is 5.12. The maximum atomic E-state index is 12.5. The molecule has 0 radical (unpaired) electrons. The summed E-state index contributed by atoms with van der Waals surface area (Å²) in [6.07, 6.45) is -0.244. The zero-order valence-electron chi connectivity index (χ0n) is 15.2. The molecule has 1 aliphatic rings. The topological polar surface area (TPSA) is 82.4 Å². The Balaban J connectivity index is 1.36. The number of amides is 1. The molecule has 2 aromatic carbocycles. The van der Waals surface area contributed by atoms with Crippen molar-refractivity contribution in [2.45, 2.75) is 12.6 Å². The third-order valence-electron chi connectivity index (χ3n) is 4.32. The molecule has 0 saturated carbocycles. The number of hydrogen-bond acceptors (Lipinski definition) is 6. The first-order valence-corrected chi connectivity index (χ1v) is 9.13. The van der Waals surface area contributed by atoms with E-state index in [2.05, 4.69) is 15.4 Å². The first-order chi connectivity index (χ1) is 13.6. The first-order valence-electron chi connectivity index (χ1n) is 8.75. The van der Waals surface area contributed by atoms with E-state index in [1.807, 2.05) is 36.4 Å². The van der Waals surface area contributed by atoms with Crippen LogP contribution in [0, 0.1) is 0 Å². The number of aromatic nitrogens is 4. The van der Waals surface area contributed by atoms with Crippen LogP contribution in [0.3, 0.4) is 0 Å². The third kappa shape index (κ3) is 3.91. The second-order valence-electron chi connectivity index (χ2n) is 6.40. The predicted octanol–water partition coefficient (Wildman–Crippen LogP) is 2.29. The smallest absolute Gasteiger partial charge is 0.246 e. The first kappa shape index (κ1) is 18.2. The molecule has 0 aliphatic carbocycles. The molecule has 0 unspecified atom stereocenters. The summed E-state index contributed by atoms with van der Waals surface area (Å²) >= 11 is 6.15. The highest BCUT2D eigenvalue weighted by atomic mass is 35.5. The molecule has 0 N–H and O–H groups in total. The van der Waals surface area contributed by atoms with Crippen LogP contribution in [-0.2, 0) is 11.3 Å². The van der Waals surface area contributed by atoms with E-state index in [1.54, 1.807) is 24.1 Å². The van der Waals surface area contributed by atoms with E-state index in [1.165, 1.54) is 4.80 Å². The number of hydrogen-bond donors (Lipinski definition) is 0. The molecule has 1 aliphatic heterocycles. The van der Waals surface area contributed by atoms with Crippen molar-refractivity contribution in [3.05, 3.63) is 53.6 Å². The van der Waals surface area contributed by atoms with E-state index in [-0.39, 0.29) is 18.6 Å². The number of para-hydroxylation sites is 2.